The summed E-state index contributed by atoms with van der Waals surface area (Å²) in [7, 11) is 0. The Morgan fingerprint density at radius 3 is 2.43 bits per heavy atom. The predicted octanol–water partition coefficient (Wildman–Crippen LogP) is 2.57. The number of fused-ring (bicyclic) bond motifs is 1. The van der Waals surface area contributed by atoms with Gasteiger partial charge in [0.05, 0.1) is 17.9 Å². The van der Waals surface area contributed by atoms with Crippen LogP contribution >= 0.6 is 0 Å². The highest BCUT2D eigenvalue weighted by atomic mass is 19.4. The van der Waals surface area contributed by atoms with Crippen LogP contribution in [-0.2, 0) is 9.59 Å². The van der Waals surface area contributed by atoms with Crippen molar-refractivity contribution in [3.05, 3.63) is 59.9 Å². The van der Waals surface area contributed by atoms with Crippen LogP contribution in [-0.4, -0.2) is 47.9 Å². The van der Waals surface area contributed by atoms with E-state index >= 15 is 0 Å². The molecular weight excluding hydrogens is 476 g/mol. The van der Waals surface area contributed by atoms with E-state index in [0.29, 0.717) is 4.90 Å². The number of aliphatic imine (C=N–C) groups is 1. The van der Waals surface area contributed by atoms with Gasteiger partial charge in [-0.05, 0) is 43.3 Å². The number of imide groups is 1. The van der Waals surface area contributed by atoms with Crippen LogP contribution in [0.4, 0.5) is 28.0 Å². The van der Waals surface area contributed by atoms with Crippen LogP contribution < -0.4 is 20.3 Å². The molecule has 2 N–H and O–H groups in total. The Morgan fingerprint density at radius 1 is 1.14 bits per heavy atom. The second-order valence-corrected chi connectivity index (χ2v) is 7.50. The SMILES string of the molecule is CCOc1ccccc1C(=O)NC1(C(F)(F)F)C(=O)N=C2C1C(=O)NC(=O)N2c1ccc(F)cc1. The number of hydrogen-bond donors (Lipinski definition) is 2. The third kappa shape index (κ3) is 3.78. The number of nitrogens with one attached hydrogen (secondary N) is 2. The van der Waals surface area contributed by atoms with Gasteiger partial charge in [0, 0.05) is 0 Å². The number of carbonyl (C=O) groups excluding carboxylic acids is 4. The van der Waals surface area contributed by atoms with Crippen molar-refractivity contribution in [1.29, 1.82) is 0 Å². The summed E-state index contributed by atoms with van der Waals surface area (Å²) in [6, 6.07) is 8.15. The third-order valence-electron chi connectivity index (χ3n) is 5.44. The molecule has 0 radical (unpaired) electrons. The zero-order chi connectivity index (χ0) is 25.5. The van der Waals surface area contributed by atoms with Gasteiger partial charge in [0.1, 0.15) is 23.3 Å². The molecule has 13 heteroatoms. The Bertz CT molecular complexity index is 1260. The van der Waals surface area contributed by atoms with E-state index in [4.69, 9.17) is 4.74 Å². The van der Waals surface area contributed by atoms with E-state index < -0.39 is 53.0 Å². The Balaban J connectivity index is 1.81. The van der Waals surface area contributed by atoms with Crippen LogP contribution in [0.25, 0.3) is 0 Å². The summed E-state index contributed by atoms with van der Waals surface area (Å²) in [6.45, 7) is 1.70. The van der Waals surface area contributed by atoms with Gasteiger partial charge in [0.2, 0.25) is 11.4 Å². The van der Waals surface area contributed by atoms with Gasteiger partial charge in [0.15, 0.2) is 0 Å². The number of rotatable bonds is 5. The lowest BCUT2D eigenvalue weighted by Gasteiger charge is -2.39. The summed E-state index contributed by atoms with van der Waals surface area (Å²) in [5, 5.41) is 3.41. The van der Waals surface area contributed by atoms with E-state index in [1.54, 1.807) is 17.6 Å². The molecule has 2 aromatic rings. The Kier molecular flexibility index (Phi) is 5.79. The highest BCUT2D eigenvalue weighted by Crippen LogP contribution is 2.44. The number of para-hydroxylation sites is 1. The van der Waals surface area contributed by atoms with Gasteiger partial charge in [0.25, 0.3) is 11.8 Å². The maximum absolute atomic E-state index is 14.5. The first kappa shape index (κ1) is 23.9. The molecule has 1 saturated heterocycles. The number of anilines is 1. The summed E-state index contributed by atoms with van der Waals surface area (Å²) in [5.41, 5.74) is -4.29. The average Bonchev–Trinajstić information content (AvgIpc) is 3.08. The van der Waals surface area contributed by atoms with Crippen LogP contribution in [0.2, 0.25) is 0 Å². The molecule has 4 rings (SSSR count). The minimum atomic E-state index is -5.51. The number of carbonyl (C=O) groups is 4. The largest absolute Gasteiger partial charge is 0.493 e. The molecule has 2 atom stereocenters. The molecule has 35 heavy (non-hydrogen) atoms. The molecule has 0 bridgehead atoms. The number of urea groups is 1. The molecule has 1 fully saturated rings. The molecular formula is C22H16F4N4O5. The fourth-order valence-corrected chi connectivity index (χ4v) is 3.91. The standard InChI is InChI=1S/C22H16F4N4O5/c1-2-35-14-6-4-3-5-13(14)17(31)29-21(22(24,25)26)15-16(27-19(21)33)30(20(34)28-18(15)32)12-9-7-11(23)8-10-12/h3-10,15H,2H2,1H3,(H,29,31)(H,28,32,34). The quantitative estimate of drug-likeness (QED) is 0.623. The Hall–Kier alpha value is -4.29. The summed E-state index contributed by atoms with van der Waals surface area (Å²) in [5.74, 6) is -8.79. The van der Waals surface area contributed by atoms with Gasteiger partial charge in [-0.25, -0.2) is 14.1 Å². The number of alkyl halides is 3. The average molecular weight is 492 g/mol. The maximum Gasteiger partial charge on any atom is 0.422 e. The van der Waals surface area contributed by atoms with Gasteiger partial charge >= 0.3 is 12.2 Å². The van der Waals surface area contributed by atoms with Crippen molar-refractivity contribution in [2.24, 2.45) is 10.9 Å². The van der Waals surface area contributed by atoms with Crippen molar-refractivity contribution in [2.75, 3.05) is 11.5 Å². The number of amides is 5. The smallest absolute Gasteiger partial charge is 0.422 e. The van der Waals surface area contributed by atoms with Crippen molar-refractivity contribution < 1.29 is 41.5 Å². The van der Waals surface area contributed by atoms with E-state index in [0.717, 1.165) is 24.3 Å². The van der Waals surface area contributed by atoms with E-state index in [2.05, 4.69) is 4.99 Å². The fraction of sp³-hybridized carbons (Fsp3) is 0.227. The van der Waals surface area contributed by atoms with E-state index in [-0.39, 0.29) is 23.6 Å². The first-order chi connectivity index (χ1) is 16.5. The van der Waals surface area contributed by atoms with Crippen LogP contribution in [0.15, 0.2) is 53.5 Å². The minimum absolute atomic E-state index is 0.0485. The predicted molar refractivity (Wildman–Crippen MR) is 112 cm³/mol. The summed E-state index contributed by atoms with van der Waals surface area (Å²) >= 11 is 0. The monoisotopic (exact) mass is 492 g/mol. The molecule has 9 nitrogen and oxygen atoms in total. The van der Waals surface area contributed by atoms with E-state index in [9.17, 15) is 36.7 Å². The summed E-state index contributed by atoms with van der Waals surface area (Å²) in [6.07, 6.45) is -5.51. The van der Waals surface area contributed by atoms with Crippen LogP contribution in [0.3, 0.4) is 0 Å². The van der Waals surface area contributed by atoms with E-state index in [1.807, 2.05) is 0 Å². The van der Waals surface area contributed by atoms with Gasteiger partial charge in [-0.2, -0.15) is 18.2 Å². The summed E-state index contributed by atoms with van der Waals surface area (Å²) < 4.78 is 62.3. The van der Waals surface area contributed by atoms with Gasteiger partial charge < -0.3 is 10.1 Å². The highest BCUT2D eigenvalue weighted by molar-refractivity contribution is 6.35. The van der Waals surface area contributed by atoms with Gasteiger partial charge in [-0.3, -0.25) is 19.7 Å². The molecule has 0 saturated carbocycles. The third-order valence-corrected chi connectivity index (χ3v) is 5.44. The number of halogens is 4. The second-order valence-electron chi connectivity index (χ2n) is 7.50. The van der Waals surface area contributed by atoms with Gasteiger partial charge in [-0.1, -0.05) is 12.1 Å². The molecule has 5 amide bonds. The molecule has 2 aliphatic rings. The second kappa shape index (κ2) is 8.49. The van der Waals surface area contributed by atoms with Crippen LogP contribution in [0.5, 0.6) is 5.75 Å². The lowest BCUT2D eigenvalue weighted by Crippen LogP contribution is -2.72. The van der Waals surface area contributed by atoms with Gasteiger partial charge in [-0.15, -0.1) is 0 Å². The number of nitrogens with zero attached hydrogens (tertiary/aromatic N) is 2. The van der Waals surface area contributed by atoms with Crippen molar-refractivity contribution in [3.8, 4) is 5.75 Å². The Morgan fingerprint density at radius 2 is 1.80 bits per heavy atom. The lowest BCUT2D eigenvalue weighted by atomic mass is 9.81. The Labute approximate surface area is 194 Å². The van der Waals surface area contributed by atoms with E-state index in [1.165, 1.54) is 24.3 Å². The molecule has 2 unspecified atom stereocenters. The molecule has 0 aromatic heterocycles. The zero-order valence-electron chi connectivity index (χ0n) is 17.9. The first-order valence-corrected chi connectivity index (χ1v) is 10.2. The number of ether oxygens (including phenoxy) is 1. The maximum atomic E-state index is 14.5. The minimum Gasteiger partial charge on any atom is -0.493 e. The molecule has 0 spiro atoms. The molecule has 2 aliphatic heterocycles. The fourth-order valence-electron chi connectivity index (χ4n) is 3.91. The topological polar surface area (TPSA) is 117 Å². The van der Waals surface area contributed by atoms with Crippen molar-refractivity contribution >= 4 is 35.3 Å². The first-order valence-electron chi connectivity index (χ1n) is 10.2. The molecule has 2 aromatic carbocycles. The number of benzene rings is 2. The molecule has 182 valence electrons. The number of hydrogen-bond acceptors (Lipinski definition) is 5. The zero-order valence-corrected chi connectivity index (χ0v) is 17.9. The highest BCUT2D eigenvalue weighted by Gasteiger charge is 2.74. The van der Waals surface area contributed by atoms with Crippen LogP contribution in [0.1, 0.15) is 17.3 Å². The van der Waals surface area contributed by atoms with Crippen molar-refractivity contribution in [2.45, 2.75) is 18.6 Å². The van der Waals surface area contributed by atoms with Crippen LogP contribution in [0, 0.1) is 11.7 Å². The van der Waals surface area contributed by atoms with Crippen molar-refractivity contribution in [1.82, 2.24) is 10.6 Å². The molecule has 0 aliphatic carbocycles. The normalized spacial score (nSPS) is 21.9. The number of amidine groups is 1. The lowest BCUT2D eigenvalue weighted by molar-refractivity contribution is -0.201. The van der Waals surface area contributed by atoms with Crippen molar-refractivity contribution in [3.63, 3.8) is 0 Å². The summed E-state index contributed by atoms with van der Waals surface area (Å²) in [4.78, 5) is 54.9. The molecule has 2 heterocycles.